The molecule has 5 rings (SSSR count). The van der Waals surface area contributed by atoms with Crippen molar-refractivity contribution >= 4 is 5.95 Å². The van der Waals surface area contributed by atoms with Gasteiger partial charge in [0, 0.05) is 51.5 Å². The van der Waals surface area contributed by atoms with Crippen molar-refractivity contribution in [3.05, 3.63) is 71.2 Å². The summed E-state index contributed by atoms with van der Waals surface area (Å²) in [6, 6.07) is 12.3. The first-order valence-electron chi connectivity index (χ1n) is 11.6. The molecule has 1 saturated heterocycles. The highest BCUT2D eigenvalue weighted by Gasteiger charge is 2.26. The Hall–Kier alpha value is -2.99. The molecule has 2 aromatic heterocycles. The third-order valence-corrected chi connectivity index (χ3v) is 6.55. The molecule has 6 nitrogen and oxygen atoms in total. The van der Waals surface area contributed by atoms with Crippen molar-refractivity contribution in [1.82, 2.24) is 19.9 Å². The predicted molar refractivity (Wildman–Crippen MR) is 126 cm³/mol. The first-order chi connectivity index (χ1) is 15.6. The topological polar surface area (TPSA) is 54.4 Å². The van der Waals surface area contributed by atoms with Gasteiger partial charge in [0.15, 0.2) is 0 Å². The standard InChI is InChI=1S/C26H31N5O/c1-19-3-5-22(6-4-19)32-25-23-18-30(17-21-7-12-27-13-8-21)14-11-24(23)28-26(29-25)31-15-9-20(2)10-16-31/h3-8,12-13,20H,9-11,14-18H2,1-2H3. The zero-order valence-corrected chi connectivity index (χ0v) is 19.0. The van der Waals surface area contributed by atoms with Crippen molar-refractivity contribution in [3.63, 3.8) is 0 Å². The zero-order valence-electron chi connectivity index (χ0n) is 19.0. The Bertz CT molecular complexity index is 1050. The van der Waals surface area contributed by atoms with E-state index in [-0.39, 0.29) is 0 Å². The van der Waals surface area contributed by atoms with Gasteiger partial charge in [-0.1, -0.05) is 24.6 Å². The number of fused-ring (bicyclic) bond motifs is 1. The molecule has 1 aromatic carbocycles. The second-order valence-electron chi connectivity index (χ2n) is 9.15. The summed E-state index contributed by atoms with van der Waals surface area (Å²) in [5.74, 6) is 3.11. The minimum absolute atomic E-state index is 0.701. The average Bonchev–Trinajstić information content (AvgIpc) is 2.82. The van der Waals surface area contributed by atoms with Gasteiger partial charge in [0.05, 0.1) is 11.3 Å². The molecular weight excluding hydrogens is 398 g/mol. The summed E-state index contributed by atoms with van der Waals surface area (Å²) in [6.07, 6.45) is 7.00. The van der Waals surface area contributed by atoms with Gasteiger partial charge in [-0.25, -0.2) is 4.98 Å². The number of rotatable bonds is 5. The molecule has 166 valence electrons. The maximum Gasteiger partial charge on any atom is 0.228 e. The lowest BCUT2D eigenvalue weighted by atomic mass is 9.99. The first-order valence-corrected chi connectivity index (χ1v) is 11.6. The van der Waals surface area contributed by atoms with E-state index >= 15 is 0 Å². The summed E-state index contributed by atoms with van der Waals surface area (Å²) in [5.41, 5.74) is 4.72. The molecule has 1 fully saturated rings. The van der Waals surface area contributed by atoms with Gasteiger partial charge in [-0.05, 0) is 55.5 Å². The van der Waals surface area contributed by atoms with Crippen LogP contribution in [0.1, 0.15) is 42.1 Å². The van der Waals surface area contributed by atoms with Crippen LogP contribution in [0.3, 0.4) is 0 Å². The van der Waals surface area contributed by atoms with Crippen LogP contribution in [0.4, 0.5) is 5.95 Å². The molecule has 3 aromatic rings. The Morgan fingerprint density at radius 3 is 2.47 bits per heavy atom. The van der Waals surface area contributed by atoms with Crippen LogP contribution in [0.15, 0.2) is 48.8 Å². The largest absolute Gasteiger partial charge is 0.439 e. The second kappa shape index (κ2) is 9.25. The average molecular weight is 430 g/mol. The summed E-state index contributed by atoms with van der Waals surface area (Å²) in [7, 11) is 0. The Balaban J connectivity index is 1.44. The molecule has 0 spiro atoms. The van der Waals surface area contributed by atoms with E-state index in [9.17, 15) is 0 Å². The van der Waals surface area contributed by atoms with Gasteiger partial charge in [-0.15, -0.1) is 0 Å². The highest BCUT2D eigenvalue weighted by atomic mass is 16.5. The van der Waals surface area contributed by atoms with Crippen LogP contribution < -0.4 is 9.64 Å². The number of piperidine rings is 1. The second-order valence-corrected chi connectivity index (χ2v) is 9.15. The van der Waals surface area contributed by atoms with Gasteiger partial charge < -0.3 is 9.64 Å². The number of anilines is 1. The molecule has 0 saturated carbocycles. The fourth-order valence-corrected chi connectivity index (χ4v) is 4.46. The van der Waals surface area contributed by atoms with E-state index in [4.69, 9.17) is 14.7 Å². The van der Waals surface area contributed by atoms with Crippen LogP contribution in [0.5, 0.6) is 11.6 Å². The number of pyridine rings is 1. The fourth-order valence-electron chi connectivity index (χ4n) is 4.46. The van der Waals surface area contributed by atoms with Crippen LogP contribution >= 0.6 is 0 Å². The van der Waals surface area contributed by atoms with Crippen LogP contribution in [0.25, 0.3) is 0 Å². The number of aromatic nitrogens is 3. The summed E-state index contributed by atoms with van der Waals surface area (Å²) >= 11 is 0. The Morgan fingerprint density at radius 2 is 1.72 bits per heavy atom. The van der Waals surface area contributed by atoms with Crippen LogP contribution in [-0.2, 0) is 19.5 Å². The molecule has 0 amide bonds. The van der Waals surface area contributed by atoms with Gasteiger partial charge in [0.25, 0.3) is 0 Å². The first kappa shape index (κ1) is 20.9. The maximum atomic E-state index is 6.37. The third kappa shape index (κ3) is 4.75. The molecule has 6 heteroatoms. The molecule has 2 aliphatic rings. The Labute approximate surface area is 190 Å². The van der Waals surface area contributed by atoms with Crippen LogP contribution in [-0.4, -0.2) is 39.5 Å². The Morgan fingerprint density at radius 1 is 0.969 bits per heavy atom. The van der Waals surface area contributed by atoms with Crippen molar-refractivity contribution < 1.29 is 4.74 Å². The van der Waals surface area contributed by atoms with E-state index in [1.165, 1.54) is 24.0 Å². The molecule has 4 heterocycles. The summed E-state index contributed by atoms with van der Waals surface area (Å²) < 4.78 is 6.37. The number of benzene rings is 1. The molecular formula is C26H31N5O. The van der Waals surface area contributed by atoms with Gasteiger partial charge in [-0.3, -0.25) is 9.88 Å². The number of aryl methyl sites for hydroxylation is 1. The van der Waals surface area contributed by atoms with E-state index < -0.39 is 0 Å². The van der Waals surface area contributed by atoms with Crippen molar-refractivity contribution in [3.8, 4) is 11.6 Å². The summed E-state index contributed by atoms with van der Waals surface area (Å²) in [4.78, 5) is 18.9. The van der Waals surface area contributed by atoms with Crippen molar-refractivity contribution in [2.75, 3.05) is 24.5 Å². The van der Waals surface area contributed by atoms with E-state index in [0.29, 0.717) is 5.88 Å². The Kier molecular flexibility index (Phi) is 6.04. The zero-order chi connectivity index (χ0) is 21.9. The van der Waals surface area contributed by atoms with Gasteiger partial charge in [-0.2, -0.15) is 4.98 Å². The monoisotopic (exact) mass is 429 g/mol. The lowest BCUT2D eigenvalue weighted by Gasteiger charge is -2.33. The molecule has 0 bridgehead atoms. The van der Waals surface area contributed by atoms with Crippen LogP contribution in [0, 0.1) is 12.8 Å². The smallest absolute Gasteiger partial charge is 0.228 e. The van der Waals surface area contributed by atoms with E-state index in [1.807, 2.05) is 24.5 Å². The maximum absolute atomic E-state index is 6.37. The molecule has 0 N–H and O–H groups in total. The highest BCUT2D eigenvalue weighted by Crippen LogP contribution is 2.33. The molecule has 2 aliphatic heterocycles. The van der Waals surface area contributed by atoms with Gasteiger partial charge in [0.2, 0.25) is 11.8 Å². The molecule has 0 radical (unpaired) electrons. The summed E-state index contributed by atoms with van der Waals surface area (Å²) in [6.45, 7) is 9.09. The lowest BCUT2D eigenvalue weighted by Crippen LogP contribution is -2.36. The molecule has 0 atom stereocenters. The van der Waals surface area contributed by atoms with E-state index in [2.05, 4.69) is 52.9 Å². The van der Waals surface area contributed by atoms with Crippen molar-refractivity contribution in [2.24, 2.45) is 5.92 Å². The van der Waals surface area contributed by atoms with Gasteiger partial charge >= 0.3 is 0 Å². The van der Waals surface area contributed by atoms with E-state index in [1.54, 1.807) is 0 Å². The highest BCUT2D eigenvalue weighted by molar-refractivity contribution is 5.44. The van der Waals surface area contributed by atoms with Crippen molar-refractivity contribution in [2.45, 2.75) is 46.2 Å². The van der Waals surface area contributed by atoms with Gasteiger partial charge in [0.1, 0.15) is 5.75 Å². The molecule has 0 aliphatic carbocycles. The minimum Gasteiger partial charge on any atom is -0.439 e. The van der Waals surface area contributed by atoms with E-state index in [0.717, 1.165) is 68.0 Å². The lowest BCUT2D eigenvalue weighted by molar-refractivity contribution is 0.238. The number of ether oxygens (including phenoxy) is 1. The summed E-state index contributed by atoms with van der Waals surface area (Å²) in [5, 5.41) is 0. The predicted octanol–water partition coefficient (Wildman–Crippen LogP) is 4.77. The third-order valence-electron chi connectivity index (χ3n) is 6.55. The fraction of sp³-hybridized carbons (Fsp3) is 0.423. The molecule has 32 heavy (non-hydrogen) atoms. The number of hydrogen-bond donors (Lipinski definition) is 0. The SMILES string of the molecule is Cc1ccc(Oc2nc(N3CCC(C)CC3)nc3c2CN(Cc2ccncc2)CC3)cc1. The molecule has 0 unspecified atom stereocenters. The quantitative estimate of drug-likeness (QED) is 0.583. The number of nitrogens with zero attached hydrogens (tertiary/aromatic N) is 5. The van der Waals surface area contributed by atoms with Crippen molar-refractivity contribution in [1.29, 1.82) is 0 Å². The number of hydrogen-bond acceptors (Lipinski definition) is 6. The minimum atomic E-state index is 0.701. The normalized spacial score (nSPS) is 17.2. The van der Waals surface area contributed by atoms with Crippen LogP contribution in [0.2, 0.25) is 0 Å².